The van der Waals surface area contributed by atoms with Gasteiger partial charge in [0.15, 0.2) is 5.78 Å². The molecule has 0 bridgehead atoms. The number of benzene rings is 2. The molecule has 1 heteroatoms. The number of aryl methyl sites for hydroxylation is 2. The first kappa shape index (κ1) is 12.2. The second-order valence-corrected chi connectivity index (χ2v) is 5.80. The Kier molecular flexibility index (Phi) is 2.60. The fraction of sp³-hybridized carbons (Fsp3) is 0.278. The fourth-order valence-electron chi connectivity index (χ4n) is 3.48. The van der Waals surface area contributed by atoms with Crippen LogP contribution < -0.4 is 0 Å². The van der Waals surface area contributed by atoms with Crippen LogP contribution in [0.15, 0.2) is 42.5 Å². The van der Waals surface area contributed by atoms with Crippen molar-refractivity contribution >= 4 is 5.78 Å². The molecule has 2 aromatic rings. The monoisotopic (exact) mass is 250 g/mol. The Labute approximate surface area is 114 Å². The average Bonchev–Trinajstić information content (AvgIpc) is 2.63. The zero-order chi connectivity index (χ0) is 13.6. The minimum absolute atomic E-state index is 0.175. The molecule has 1 unspecified atom stereocenters. The molecule has 0 saturated carbocycles. The molecule has 96 valence electrons. The van der Waals surface area contributed by atoms with E-state index in [-0.39, 0.29) is 11.2 Å². The minimum Gasteiger partial charge on any atom is -0.294 e. The molecule has 0 amide bonds. The number of ketones is 1. The maximum atomic E-state index is 12.4. The van der Waals surface area contributed by atoms with Crippen LogP contribution in [0.3, 0.4) is 0 Å². The van der Waals surface area contributed by atoms with Gasteiger partial charge in [0.2, 0.25) is 0 Å². The first-order chi connectivity index (χ1) is 9.02. The number of carbonyl (C=O) groups excluding carboxylic acids is 1. The average molecular weight is 250 g/mol. The molecule has 1 atom stereocenters. The number of rotatable bonds is 1. The normalized spacial score (nSPS) is 21.5. The van der Waals surface area contributed by atoms with Crippen LogP contribution in [0, 0.1) is 13.8 Å². The van der Waals surface area contributed by atoms with E-state index in [0.717, 1.165) is 5.56 Å². The van der Waals surface area contributed by atoms with E-state index in [1.165, 1.54) is 22.3 Å². The summed E-state index contributed by atoms with van der Waals surface area (Å²) in [6.07, 6.45) is 0.580. The molecule has 0 spiro atoms. The van der Waals surface area contributed by atoms with Crippen LogP contribution >= 0.6 is 0 Å². The van der Waals surface area contributed by atoms with E-state index in [4.69, 9.17) is 0 Å². The number of Topliss-reactive ketones (excluding diaryl/α,β-unsaturated/α-hetero) is 1. The van der Waals surface area contributed by atoms with Gasteiger partial charge in [-0.2, -0.15) is 0 Å². The third-order valence-electron chi connectivity index (χ3n) is 4.26. The number of hydrogen-bond donors (Lipinski definition) is 0. The summed E-state index contributed by atoms with van der Waals surface area (Å²) in [5, 5.41) is 0. The van der Waals surface area contributed by atoms with Crippen LogP contribution in [-0.2, 0) is 5.41 Å². The first-order valence-corrected chi connectivity index (χ1v) is 6.73. The highest BCUT2D eigenvalue weighted by atomic mass is 16.1. The second-order valence-electron chi connectivity index (χ2n) is 5.80. The van der Waals surface area contributed by atoms with Gasteiger partial charge in [0.05, 0.1) is 0 Å². The van der Waals surface area contributed by atoms with Crippen LogP contribution in [0.4, 0.5) is 0 Å². The molecule has 0 fully saturated rings. The van der Waals surface area contributed by atoms with E-state index >= 15 is 0 Å². The third-order valence-corrected chi connectivity index (χ3v) is 4.26. The molecule has 1 nitrogen and oxygen atoms in total. The maximum Gasteiger partial charge on any atom is 0.164 e. The molecule has 0 N–H and O–H groups in total. The van der Waals surface area contributed by atoms with Crippen molar-refractivity contribution in [2.45, 2.75) is 32.6 Å². The highest BCUT2D eigenvalue weighted by Gasteiger charge is 2.41. The zero-order valence-corrected chi connectivity index (χ0v) is 11.7. The summed E-state index contributed by atoms with van der Waals surface area (Å²) in [7, 11) is 0. The van der Waals surface area contributed by atoms with E-state index in [1.807, 2.05) is 24.3 Å². The van der Waals surface area contributed by atoms with Crippen molar-refractivity contribution < 1.29 is 4.79 Å². The molecule has 0 aromatic heterocycles. The van der Waals surface area contributed by atoms with Gasteiger partial charge in [-0.25, -0.2) is 0 Å². The summed E-state index contributed by atoms with van der Waals surface area (Å²) in [6.45, 7) is 6.36. The lowest BCUT2D eigenvalue weighted by Crippen LogP contribution is -2.21. The van der Waals surface area contributed by atoms with Crippen molar-refractivity contribution in [2.24, 2.45) is 0 Å². The molecule has 0 radical (unpaired) electrons. The van der Waals surface area contributed by atoms with E-state index in [9.17, 15) is 4.79 Å². The van der Waals surface area contributed by atoms with Gasteiger partial charge in [-0.15, -0.1) is 0 Å². The van der Waals surface area contributed by atoms with Gasteiger partial charge in [-0.05, 0) is 36.6 Å². The maximum absolute atomic E-state index is 12.4. The smallest absolute Gasteiger partial charge is 0.164 e. The number of hydrogen-bond acceptors (Lipinski definition) is 1. The highest BCUT2D eigenvalue weighted by molar-refractivity contribution is 6.03. The van der Waals surface area contributed by atoms with Crippen LogP contribution in [0.5, 0.6) is 0 Å². The highest BCUT2D eigenvalue weighted by Crippen LogP contribution is 2.45. The summed E-state index contributed by atoms with van der Waals surface area (Å²) in [4.78, 5) is 12.4. The lowest BCUT2D eigenvalue weighted by Gasteiger charge is -2.27. The topological polar surface area (TPSA) is 17.1 Å². The van der Waals surface area contributed by atoms with Gasteiger partial charge in [0, 0.05) is 17.4 Å². The van der Waals surface area contributed by atoms with Crippen LogP contribution in [0.25, 0.3) is 0 Å². The van der Waals surface area contributed by atoms with Crippen molar-refractivity contribution in [3.05, 3.63) is 70.3 Å². The zero-order valence-electron chi connectivity index (χ0n) is 11.7. The predicted molar refractivity (Wildman–Crippen MR) is 77.8 cm³/mol. The van der Waals surface area contributed by atoms with Gasteiger partial charge in [0.1, 0.15) is 0 Å². The van der Waals surface area contributed by atoms with Crippen molar-refractivity contribution in [3.8, 4) is 0 Å². The lowest BCUT2D eigenvalue weighted by molar-refractivity contribution is 0.0982. The summed E-state index contributed by atoms with van der Waals surface area (Å²) in [5.74, 6) is 0.271. The molecular formula is C18H18O. The van der Waals surface area contributed by atoms with Crippen molar-refractivity contribution in [1.82, 2.24) is 0 Å². The van der Waals surface area contributed by atoms with Gasteiger partial charge >= 0.3 is 0 Å². The largest absolute Gasteiger partial charge is 0.294 e. The summed E-state index contributed by atoms with van der Waals surface area (Å²) in [5.41, 5.74) is 5.59. The Bertz CT molecular complexity index is 655. The van der Waals surface area contributed by atoms with Crippen molar-refractivity contribution in [3.63, 3.8) is 0 Å². The summed E-state index contributed by atoms with van der Waals surface area (Å²) >= 11 is 0. The van der Waals surface area contributed by atoms with E-state index in [0.29, 0.717) is 6.42 Å². The Morgan fingerprint density at radius 1 is 1.05 bits per heavy atom. The van der Waals surface area contributed by atoms with Crippen molar-refractivity contribution in [1.29, 1.82) is 0 Å². The fourth-order valence-corrected chi connectivity index (χ4v) is 3.48. The molecule has 0 heterocycles. The molecule has 19 heavy (non-hydrogen) atoms. The standard InChI is InChI=1S/C18H18O/c1-12-9-13(2)17-15(10-12)16(19)11-18(17,3)14-7-5-4-6-8-14/h4-10H,11H2,1-3H3. The van der Waals surface area contributed by atoms with Crippen molar-refractivity contribution in [2.75, 3.05) is 0 Å². The molecule has 2 aromatic carbocycles. The SMILES string of the molecule is Cc1cc(C)c2c(c1)C(=O)CC2(C)c1ccccc1. The Morgan fingerprint density at radius 3 is 2.42 bits per heavy atom. The number of carbonyl (C=O) groups is 1. The second kappa shape index (κ2) is 4.06. The molecule has 3 rings (SSSR count). The quantitative estimate of drug-likeness (QED) is 0.741. The molecule has 1 aliphatic carbocycles. The molecule has 0 aliphatic heterocycles. The van der Waals surface area contributed by atoms with Gasteiger partial charge in [-0.1, -0.05) is 48.9 Å². The Balaban J connectivity index is 2.28. The molecule has 0 saturated heterocycles. The molecule has 1 aliphatic rings. The summed E-state index contributed by atoms with van der Waals surface area (Å²) in [6, 6.07) is 14.6. The van der Waals surface area contributed by atoms with E-state index in [1.54, 1.807) is 0 Å². The van der Waals surface area contributed by atoms with Crippen LogP contribution in [-0.4, -0.2) is 5.78 Å². The predicted octanol–water partition coefficient (Wildman–Crippen LogP) is 4.20. The van der Waals surface area contributed by atoms with Crippen LogP contribution in [0.2, 0.25) is 0 Å². The first-order valence-electron chi connectivity index (χ1n) is 6.73. The van der Waals surface area contributed by atoms with Gasteiger partial charge in [0.25, 0.3) is 0 Å². The van der Waals surface area contributed by atoms with Gasteiger partial charge < -0.3 is 0 Å². The van der Waals surface area contributed by atoms with E-state index in [2.05, 4.69) is 39.0 Å². The van der Waals surface area contributed by atoms with Gasteiger partial charge in [-0.3, -0.25) is 4.79 Å². The Morgan fingerprint density at radius 2 is 1.74 bits per heavy atom. The lowest BCUT2D eigenvalue weighted by atomic mass is 9.75. The number of fused-ring (bicyclic) bond motifs is 1. The Hall–Kier alpha value is -1.89. The van der Waals surface area contributed by atoms with Crippen LogP contribution in [0.1, 0.15) is 46.0 Å². The minimum atomic E-state index is -0.175. The van der Waals surface area contributed by atoms with E-state index < -0.39 is 0 Å². The molecular weight excluding hydrogens is 232 g/mol. The summed E-state index contributed by atoms with van der Waals surface area (Å²) < 4.78 is 0. The third kappa shape index (κ3) is 1.73.